The van der Waals surface area contributed by atoms with Crippen molar-refractivity contribution in [2.45, 2.75) is 6.54 Å². The molecule has 1 aromatic heterocycles. The summed E-state index contributed by atoms with van der Waals surface area (Å²) in [5.41, 5.74) is 8.48. The molecule has 0 unspecified atom stereocenters. The largest absolute Gasteiger partial charge is 0.399 e. The van der Waals surface area contributed by atoms with Gasteiger partial charge in [-0.25, -0.2) is 0 Å². The molecular weight excluding hydrogens is 302 g/mol. The van der Waals surface area contributed by atoms with E-state index in [1.807, 2.05) is 0 Å². The van der Waals surface area contributed by atoms with E-state index in [-0.39, 0.29) is 5.91 Å². The van der Waals surface area contributed by atoms with E-state index in [0.717, 1.165) is 9.35 Å². The Morgan fingerprint density at radius 1 is 1.53 bits per heavy atom. The highest BCUT2D eigenvalue weighted by atomic mass is 79.9. The number of halogens is 1. The van der Waals surface area contributed by atoms with E-state index >= 15 is 0 Å². The zero-order valence-corrected chi connectivity index (χ0v) is 11.2. The van der Waals surface area contributed by atoms with Crippen LogP contribution in [0.15, 0.2) is 34.4 Å². The Kier molecular flexibility index (Phi) is 3.75. The number of nitrogen functional groups attached to an aromatic ring is 1. The van der Waals surface area contributed by atoms with Crippen molar-refractivity contribution in [3.63, 3.8) is 0 Å². The fraction of sp³-hybridized carbons (Fsp3) is 0.0909. The predicted molar refractivity (Wildman–Crippen MR) is 71.8 cm³/mol. The number of nitrogens with one attached hydrogen (secondary N) is 1. The summed E-state index contributed by atoms with van der Waals surface area (Å²) in [6.45, 7) is 0.477. The fourth-order valence-corrected chi connectivity index (χ4v) is 2.27. The summed E-state index contributed by atoms with van der Waals surface area (Å²) in [5.74, 6) is -0.155. The van der Waals surface area contributed by atoms with Crippen LogP contribution in [-0.4, -0.2) is 10.9 Å². The third-order valence-electron chi connectivity index (χ3n) is 2.14. The molecule has 0 aliphatic heterocycles. The lowest BCUT2D eigenvalue weighted by Crippen LogP contribution is -2.22. The number of aromatic nitrogens is 1. The minimum absolute atomic E-state index is 0.155. The second-order valence-electron chi connectivity index (χ2n) is 3.39. The zero-order chi connectivity index (χ0) is 12.3. The molecule has 0 radical (unpaired) electrons. The van der Waals surface area contributed by atoms with E-state index < -0.39 is 0 Å². The van der Waals surface area contributed by atoms with Crippen molar-refractivity contribution in [3.8, 4) is 0 Å². The number of carbonyl (C=O) groups is 1. The third kappa shape index (κ3) is 3.04. The van der Waals surface area contributed by atoms with Crippen molar-refractivity contribution in [2.24, 2.45) is 0 Å². The summed E-state index contributed by atoms with van der Waals surface area (Å²) in [6.07, 6.45) is 1.74. The van der Waals surface area contributed by atoms with E-state index in [9.17, 15) is 4.79 Å². The van der Waals surface area contributed by atoms with Gasteiger partial charge in [-0.3, -0.25) is 9.78 Å². The van der Waals surface area contributed by atoms with Crippen LogP contribution in [0, 0.1) is 0 Å². The molecule has 0 atom stereocenters. The van der Waals surface area contributed by atoms with Gasteiger partial charge in [0.2, 0.25) is 0 Å². The van der Waals surface area contributed by atoms with Gasteiger partial charge in [0.1, 0.15) is 0 Å². The second kappa shape index (κ2) is 5.29. The molecule has 88 valence electrons. The fourth-order valence-electron chi connectivity index (χ4n) is 1.31. The lowest BCUT2D eigenvalue weighted by Gasteiger charge is -2.06. The maximum absolute atomic E-state index is 11.9. The highest BCUT2D eigenvalue weighted by Gasteiger charge is 2.10. The van der Waals surface area contributed by atoms with Gasteiger partial charge in [0, 0.05) is 21.2 Å². The second-order valence-corrected chi connectivity index (χ2v) is 5.21. The molecule has 3 N–H and O–H groups in total. The van der Waals surface area contributed by atoms with Crippen LogP contribution in [-0.2, 0) is 6.54 Å². The molecule has 0 bridgehead atoms. The summed E-state index contributed by atoms with van der Waals surface area (Å²) in [4.78, 5) is 16.9. The van der Waals surface area contributed by atoms with Crippen LogP contribution in [0.5, 0.6) is 0 Å². The normalized spacial score (nSPS) is 10.2. The molecule has 2 aromatic rings. The van der Waals surface area contributed by atoms with E-state index in [4.69, 9.17) is 5.73 Å². The maximum atomic E-state index is 11.9. The molecule has 0 spiro atoms. The van der Waals surface area contributed by atoms with Crippen molar-refractivity contribution in [3.05, 3.63) is 44.8 Å². The number of thiazole rings is 1. The number of carbonyl (C=O) groups excluding carboxylic acids is 1. The van der Waals surface area contributed by atoms with Crippen LogP contribution in [0.3, 0.4) is 0 Å². The Hall–Kier alpha value is -1.40. The molecule has 0 saturated heterocycles. The number of anilines is 1. The lowest BCUT2D eigenvalue weighted by molar-refractivity contribution is 0.0950. The summed E-state index contributed by atoms with van der Waals surface area (Å²) in [6, 6.07) is 5.15. The van der Waals surface area contributed by atoms with Gasteiger partial charge in [-0.05, 0) is 34.1 Å². The van der Waals surface area contributed by atoms with Crippen LogP contribution in [0.4, 0.5) is 5.69 Å². The maximum Gasteiger partial charge on any atom is 0.252 e. The monoisotopic (exact) mass is 311 g/mol. The molecule has 17 heavy (non-hydrogen) atoms. The van der Waals surface area contributed by atoms with Gasteiger partial charge in [0.05, 0.1) is 17.6 Å². The molecule has 2 rings (SSSR count). The molecule has 4 nitrogen and oxygen atoms in total. The first-order chi connectivity index (χ1) is 8.16. The first-order valence-electron chi connectivity index (χ1n) is 4.87. The van der Waals surface area contributed by atoms with Crippen molar-refractivity contribution in [1.29, 1.82) is 0 Å². The SMILES string of the molecule is Nc1ccc(Br)c(C(=O)NCc2cncs2)c1. The van der Waals surface area contributed by atoms with E-state index in [0.29, 0.717) is 17.8 Å². The molecule has 1 amide bonds. The highest BCUT2D eigenvalue weighted by Crippen LogP contribution is 2.19. The Labute approximate surface area is 111 Å². The van der Waals surface area contributed by atoms with E-state index in [1.54, 1.807) is 29.9 Å². The number of rotatable bonds is 3. The van der Waals surface area contributed by atoms with Gasteiger partial charge in [-0.15, -0.1) is 11.3 Å². The summed E-state index contributed by atoms with van der Waals surface area (Å²) in [5, 5.41) is 2.82. The minimum Gasteiger partial charge on any atom is -0.399 e. The molecule has 0 fully saturated rings. The molecule has 0 aliphatic rings. The average Bonchev–Trinajstić information content (AvgIpc) is 2.82. The van der Waals surface area contributed by atoms with Gasteiger partial charge in [0.15, 0.2) is 0 Å². The number of nitrogens with zero attached hydrogens (tertiary/aromatic N) is 1. The average molecular weight is 312 g/mol. The number of hydrogen-bond donors (Lipinski definition) is 2. The number of nitrogens with two attached hydrogens (primary N) is 1. The van der Waals surface area contributed by atoms with Crippen molar-refractivity contribution in [2.75, 3.05) is 5.73 Å². The standard InChI is InChI=1S/C11H10BrN3OS/c12-10-2-1-7(13)3-9(10)11(16)15-5-8-4-14-6-17-8/h1-4,6H,5,13H2,(H,15,16). The van der Waals surface area contributed by atoms with Crippen LogP contribution >= 0.6 is 27.3 Å². The van der Waals surface area contributed by atoms with E-state index in [2.05, 4.69) is 26.2 Å². The third-order valence-corrected chi connectivity index (χ3v) is 3.61. The molecule has 6 heteroatoms. The van der Waals surface area contributed by atoms with Gasteiger partial charge >= 0.3 is 0 Å². The predicted octanol–water partition coefficient (Wildman–Crippen LogP) is 2.42. The minimum atomic E-state index is -0.155. The Morgan fingerprint density at radius 2 is 2.35 bits per heavy atom. The van der Waals surface area contributed by atoms with Crippen LogP contribution in [0.1, 0.15) is 15.2 Å². The van der Waals surface area contributed by atoms with Crippen LogP contribution in [0.2, 0.25) is 0 Å². The smallest absolute Gasteiger partial charge is 0.252 e. The van der Waals surface area contributed by atoms with Crippen LogP contribution in [0.25, 0.3) is 0 Å². The van der Waals surface area contributed by atoms with Gasteiger partial charge in [0.25, 0.3) is 5.91 Å². The molecule has 1 heterocycles. The first kappa shape index (κ1) is 12.1. The van der Waals surface area contributed by atoms with Crippen molar-refractivity contribution >= 4 is 38.9 Å². The first-order valence-corrected chi connectivity index (χ1v) is 6.54. The van der Waals surface area contributed by atoms with Crippen molar-refractivity contribution < 1.29 is 4.79 Å². The van der Waals surface area contributed by atoms with E-state index in [1.165, 1.54) is 11.3 Å². The number of hydrogen-bond acceptors (Lipinski definition) is 4. The quantitative estimate of drug-likeness (QED) is 0.855. The number of benzene rings is 1. The lowest BCUT2D eigenvalue weighted by atomic mass is 10.2. The molecule has 0 saturated carbocycles. The summed E-state index contributed by atoms with van der Waals surface area (Å²) < 4.78 is 0.730. The topological polar surface area (TPSA) is 68.0 Å². The number of amides is 1. The van der Waals surface area contributed by atoms with Crippen molar-refractivity contribution in [1.82, 2.24) is 10.3 Å². The Balaban J connectivity index is 2.07. The Morgan fingerprint density at radius 3 is 3.06 bits per heavy atom. The van der Waals surface area contributed by atoms with Gasteiger partial charge in [-0.1, -0.05) is 0 Å². The summed E-state index contributed by atoms with van der Waals surface area (Å²) >= 11 is 4.83. The molecular formula is C11H10BrN3OS. The molecule has 0 aliphatic carbocycles. The van der Waals surface area contributed by atoms with Gasteiger partial charge in [-0.2, -0.15) is 0 Å². The Bertz CT molecular complexity index is 528. The van der Waals surface area contributed by atoms with Gasteiger partial charge < -0.3 is 11.1 Å². The molecule has 1 aromatic carbocycles. The zero-order valence-electron chi connectivity index (χ0n) is 8.81. The van der Waals surface area contributed by atoms with Crippen LogP contribution < -0.4 is 11.1 Å². The summed E-state index contributed by atoms with van der Waals surface area (Å²) in [7, 11) is 0. The highest BCUT2D eigenvalue weighted by molar-refractivity contribution is 9.10.